The monoisotopic (exact) mass is 313 g/mol. The number of morpholine rings is 1. The molecule has 0 saturated carbocycles. The summed E-state index contributed by atoms with van der Waals surface area (Å²) in [6, 6.07) is 8.17. The van der Waals surface area contributed by atoms with Gasteiger partial charge in [0.05, 0.1) is 13.7 Å². The number of benzene rings is 1. The number of ether oxygens (including phenoxy) is 2. The Hall–Kier alpha value is -0.910. The summed E-state index contributed by atoms with van der Waals surface area (Å²) >= 11 is 3.46. The second kappa shape index (κ2) is 6.31. The molecule has 1 aromatic rings. The van der Waals surface area contributed by atoms with Crippen molar-refractivity contribution >= 4 is 21.9 Å². The van der Waals surface area contributed by atoms with Crippen molar-refractivity contribution in [3.63, 3.8) is 0 Å². The van der Waals surface area contributed by atoms with Gasteiger partial charge in [-0.3, -0.25) is 4.90 Å². The first-order valence-electron chi connectivity index (χ1n) is 5.85. The standard InChI is InChI=1S/C13H16BrNO3/c1-17-13(16)12-9-15(5-6-18-12)8-10-3-2-4-11(14)7-10/h2-4,7,12H,5-6,8-9H2,1H3. The predicted molar refractivity (Wildman–Crippen MR) is 71.2 cm³/mol. The lowest BCUT2D eigenvalue weighted by Crippen LogP contribution is -2.46. The average molecular weight is 314 g/mol. The van der Waals surface area contributed by atoms with Crippen LogP contribution >= 0.6 is 15.9 Å². The molecule has 0 amide bonds. The van der Waals surface area contributed by atoms with Gasteiger partial charge in [-0.2, -0.15) is 0 Å². The molecule has 0 bridgehead atoms. The van der Waals surface area contributed by atoms with Gasteiger partial charge in [0.1, 0.15) is 0 Å². The highest BCUT2D eigenvalue weighted by atomic mass is 79.9. The summed E-state index contributed by atoms with van der Waals surface area (Å²) in [4.78, 5) is 13.6. The summed E-state index contributed by atoms with van der Waals surface area (Å²) in [6.07, 6.45) is -0.462. The third-order valence-corrected chi connectivity index (χ3v) is 3.40. The molecule has 1 heterocycles. The fourth-order valence-corrected chi connectivity index (χ4v) is 2.46. The van der Waals surface area contributed by atoms with Crippen LogP contribution in [-0.2, 0) is 20.8 Å². The second-order valence-electron chi connectivity index (χ2n) is 4.25. The van der Waals surface area contributed by atoms with E-state index in [9.17, 15) is 4.79 Å². The van der Waals surface area contributed by atoms with Crippen LogP contribution < -0.4 is 0 Å². The van der Waals surface area contributed by atoms with Gasteiger partial charge in [-0.05, 0) is 17.7 Å². The third kappa shape index (κ3) is 3.54. The van der Waals surface area contributed by atoms with E-state index in [-0.39, 0.29) is 5.97 Å². The molecule has 0 spiro atoms. The molecular formula is C13H16BrNO3. The SMILES string of the molecule is COC(=O)C1CN(Cc2cccc(Br)c2)CCO1. The van der Waals surface area contributed by atoms with E-state index in [4.69, 9.17) is 9.47 Å². The first-order valence-corrected chi connectivity index (χ1v) is 6.64. The number of hydrogen-bond donors (Lipinski definition) is 0. The molecule has 5 heteroatoms. The summed E-state index contributed by atoms with van der Waals surface area (Å²) in [6.45, 7) is 2.79. The Morgan fingerprint density at radius 3 is 3.17 bits per heavy atom. The smallest absolute Gasteiger partial charge is 0.336 e. The van der Waals surface area contributed by atoms with Gasteiger partial charge in [-0.15, -0.1) is 0 Å². The molecule has 98 valence electrons. The highest BCUT2D eigenvalue weighted by Crippen LogP contribution is 2.15. The van der Waals surface area contributed by atoms with E-state index >= 15 is 0 Å². The topological polar surface area (TPSA) is 38.8 Å². The minimum Gasteiger partial charge on any atom is -0.467 e. The van der Waals surface area contributed by atoms with E-state index in [1.165, 1.54) is 12.7 Å². The maximum atomic E-state index is 11.4. The van der Waals surface area contributed by atoms with Gasteiger partial charge in [-0.25, -0.2) is 4.79 Å². The highest BCUT2D eigenvalue weighted by Gasteiger charge is 2.27. The highest BCUT2D eigenvalue weighted by molar-refractivity contribution is 9.10. The number of nitrogens with zero attached hydrogens (tertiary/aromatic N) is 1. The molecule has 0 aliphatic carbocycles. The zero-order chi connectivity index (χ0) is 13.0. The van der Waals surface area contributed by atoms with E-state index in [0.29, 0.717) is 13.2 Å². The molecule has 18 heavy (non-hydrogen) atoms. The lowest BCUT2D eigenvalue weighted by Gasteiger charge is -2.31. The summed E-state index contributed by atoms with van der Waals surface area (Å²) < 4.78 is 11.2. The molecule has 1 saturated heterocycles. The molecule has 1 atom stereocenters. The molecule has 0 N–H and O–H groups in total. The molecule has 0 aromatic heterocycles. The quantitative estimate of drug-likeness (QED) is 0.798. The number of esters is 1. The number of carbonyl (C=O) groups is 1. The summed E-state index contributed by atoms with van der Waals surface area (Å²) in [7, 11) is 1.39. The fraction of sp³-hybridized carbons (Fsp3) is 0.462. The van der Waals surface area contributed by atoms with E-state index in [1.807, 2.05) is 12.1 Å². The molecule has 1 aromatic carbocycles. The lowest BCUT2D eigenvalue weighted by molar-refractivity contribution is -0.160. The Morgan fingerprint density at radius 1 is 1.61 bits per heavy atom. The summed E-state index contributed by atoms with van der Waals surface area (Å²) in [5.41, 5.74) is 1.22. The van der Waals surface area contributed by atoms with Crippen LogP contribution in [0.2, 0.25) is 0 Å². The van der Waals surface area contributed by atoms with Gasteiger partial charge in [-0.1, -0.05) is 28.1 Å². The minimum absolute atomic E-state index is 0.297. The normalized spacial score (nSPS) is 20.7. The van der Waals surface area contributed by atoms with Crippen molar-refractivity contribution < 1.29 is 14.3 Å². The molecule has 2 rings (SSSR count). The summed E-state index contributed by atoms with van der Waals surface area (Å²) in [5, 5.41) is 0. The molecule has 1 aliphatic heterocycles. The van der Waals surface area contributed by atoms with Crippen LogP contribution in [-0.4, -0.2) is 43.8 Å². The van der Waals surface area contributed by atoms with Crippen molar-refractivity contribution in [3.8, 4) is 0 Å². The van der Waals surface area contributed by atoms with Crippen LogP contribution in [0.25, 0.3) is 0 Å². The van der Waals surface area contributed by atoms with Crippen LogP contribution in [0.15, 0.2) is 28.7 Å². The second-order valence-corrected chi connectivity index (χ2v) is 5.16. The van der Waals surface area contributed by atoms with E-state index < -0.39 is 6.10 Å². The molecule has 4 nitrogen and oxygen atoms in total. The summed E-state index contributed by atoms with van der Waals surface area (Å²) in [5.74, 6) is -0.297. The number of halogens is 1. The van der Waals surface area contributed by atoms with Gasteiger partial charge >= 0.3 is 5.97 Å². The Labute approximate surface area is 115 Å². The predicted octanol–water partition coefficient (Wildman–Crippen LogP) is 1.82. The molecule has 1 aliphatic rings. The van der Waals surface area contributed by atoms with Gasteiger partial charge in [0.15, 0.2) is 6.10 Å². The maximum absolute atomic E-state index is 11.4. The number of hydrogen-bond acceptors (Lipinski definition) is 4. The zero-order valence-electron chi connectivity index (χ0n) is 10.3. The van der Waals surface area contributed by atoms with Crippen molar-refractivity contribution in [3.05, 3.63) is 34.3 Å². The van der Waals surface area contributed by atoms with Crippen molar-refractivity contribution in [2.24, 2.45) is 0 Å². The van der Waals surface area contributed by atoms with Gasteiger partial charge in [0.2, 0.25) is 0 Å². The van der Waals surface area contributed by atoms with E-state index in [2.05, 4.69) is 33.0 Å². The Bertz CT molecular complexity index is 424. The Kier molecular flexibility index (Phi) is 4.74. The van der Waals surface area contributed by atoms with Crippen molar-refractivity contribution in [1.82, 2.24) is 4.90 Å². The average Bonchev–Trinajstić information content (AvgIpc) is 2.38. The molecule has 0 radical (unpaired) electrons. The van der Waals surface area contributed by atoms with Gasteiger partial charge in [0, 0.05) is 24.1 Å². The van der Waals surface area contributed by atoms with Gasteiger partial charge in [0.25, 0.3) is 0 Å². The van der Waals surface area contributed by atoms with E-state index in [0.717, 1.165) is 17.6 Å². The fourth-order valence-electron chi connectivity index (χ4n) is 2.01. The van der Waals surface area contributed by atoms with Crippen LogP contribution in [0.1, 0.15) is 5.56 Å². The first-order chi connectivity index (χ1) is 8.69. The van der Waals surface area contributed by atoms with Crippen LogP contribution in [0, 0.1) is 0 Å². The Morgan fingerprint density at radius 2 is 2.44 bits per heavy atom. The number of carbonyl (C=O) groups excluding carboxylic acids is 1. The van der Waals surface area contributed by atoms with Crippen LogP contribution in [0.4, 0.5) is 0 Å². The van der Waals surface area contributed by atoms with Crippen molar-refractivity contribution in [1.29, 1.82) is 0 Å². The van der Waals surface area contributed by atoms with Crippen molar-refractivity contribution in [2.45, 2.75) is 12.6 Å². The Balaban J connectivity index is 1.95. The molecule has 1 unspecified atom stereocenters. The van der Waals surface area contributed by atoms with E-state index in [1.54, 1.807) is 0 Å². The lowest BCUT2D eigenvalue weighted by atomic mass is 10.2. The molecular weight excluding hydrogens is 298 g/mol. The minimum atomic E-state index is -0.462. The first kappa shape index (κ1) is 13.5. The largest absolute Gasteiger partial charge is 0.467 e. The van der Waals surface area contributed by atoms with Gasteiger partial charge < -0.3 is 9.47 Å². The maximum Gasteiger partial charge on any atom is 0.336 e. The zero-order valence-corrected chi connectivity index (χ0v) is 11.9. The third-order valence-electron chi connectivity index (χ3n) is 2.91. The van der Waals surface area contributed by atoms with Crippen molar-refractivity contribution in [2.75, 3.05) is 26.8 Å². The number of methoxy groups -OCH3 is 1. The number of rotatable bonds is 3. The molecule has 1 fully saturated rings. The van der Waals surface area contributed by atoms with Crippen LogP contribution in [0.5, 0.6) is 0 Å². The van der Waals surface area contributed by atoms with Crippen LogP contribution in [0.3, 0.4) is 0 Å².